The number of urea groups is 1. The lowest BCUT2D eigenvalue weighted by molar-refractivity contribution is 0.0320. The van der Waals surface area contributed by atoms with E-state index < -0.39 is 0 Å². The van der Waals surface area contributed by atoms with Crippen molar-refractivity contribution in [1.29, 1.82) is 0 Å². The fraction of sp³-hybridized carbons (Fsp3) is 0.688. The second-order valence-electron chi connectivity index (χ2n) is 6.14. The highest BCUT2D eigenvalue weighted by molar-refractivity contribution is 5.74. The minimum absolute atomic E-state index is 0.0464. The zero-order chi connectivity index (χ0) is 16.2. The van der Waals surface area contributed by atoms with Gasteiger partial charge in [-0.3, -0.25) is 0 Å². The summed E-state index contributed by atoms with van der Waals surface area (Å²) >= 11 is 0. The molecular weight excluding hydrogens is 296 g/mol. The number of carbonyl (C=O) groups is 1. The van der Waals surface area contributed by atoms with E-state index in [1.54, 1.807) is 0 Å². The van der Waals surface area contributed by atoms with Gasteiger partial charge in [-0.15, -0.1) is 0 Å². The van der Waals surface area contributed by atoms with Gasteiger partial charge in [0, 0.05) is 31.0 Å². The molecule has 1 unspecified atom stereocenters. The minimum Gasteiger partial charge on any atom is -0.458 e. The van der Waals surface area contributed by atoms with E-state index in [1.807, 2.05) is 29.7 Å². The Kier molecular flexibility index (Phi) is 4.95. The number of carbonyl (C=O) groups excluding carboxylic acids is 1. The van der Waals surface area contributed by atoms with E-state index in [-0.39, 0.29) is 12.1 Å². The van der Waals surface area contributed by atoms with Crippen molar-refractivity contribution < 1.29 is 14.3 Å². The molecule has 0 aliphatic carbocycles. The standard InChI is InChI=1S/C16H24N4O3/c1-12-10-13(2)18-15(17-12)23-14-4-3-5-20(11-14)16(21)19-6-8-22-9-7-19/h10,14H,3-9,11H2,1-2H3. The van der Waals surface area contributed by atoms with E-state index in [1.165, 1.54) is 0 Å². The van der Waals surface area contributed by atoms with Crippen LogP contribution in [0.3, 0.4) is 0 Å². The smallest absolute Gasteiger partial charge is 0.320 e. The second-order valence-corrected chi connectivity index (χ2v) is 6.14. The summed E-state index contributed by atoms with van der Waals surface area (Å²) in [5.74, 6) is 0. The quantitative estimate of drug-likeness (QED) is 0.824. The number of aryl methyl sites for hydroxylation is 2. The summed E-state index contributed by atoms with van der Waals surface area (Å²) in [7, 11) is 0. The molecule has 0 saturated carbocycles. The molecule has 7 nitrogen and oxygen atoms in total. The van der Waals surface area contributed by atoms with Crippen molar-refractivity contribution in [2.24, 2.45) is 0 Å². The molecule has 0 radical (unpaired) electrons. The van der Waals surface area contributed by atoms with Gasteiger partial charge in [0.15, 0.2) is 0 Å². The Labute approximate surface area is 136 Å². The number of aromatic nitrogens is 2. The molecule has 3 rings (SSSR count). The zero-order valence-corrected chi connectivity index (χ0v) is 13.8. The molecule has 2 aliphatic heterocycles. The Bertz CT molecular complexity index is 540. The van der Waals surface area contributed by atoms with Gasteiger partial charge in [-0.2, -0.15) is 0 Å². The van der Waals surface area contributed by atoms with Crippen molar-refractivity contribution in [2.75, 3.05) is 39.4 Å². The first kappa shape index (κ1) is 16.0. The van der Waals surface area contributed by atoms with Crippen LogP contribution in [0.15, 0.2) is 6.07 Å². The third-order valence-electron chi connectivity index (χ3n) is 4.16. The summed E-state index contributed by atoms with van der Waals surface area (Å²) in [5.41, 5.74) is 1.79. The van der Waals surface area contributed by atoms with Crippen LogP contribution in [0.4, 0.5) is 4.79 Å². The van der Waals surface area contributed by atoms with E-state index in [2.05, 4.69) is 9.97 Å². The van der Waals surface area contributed by atoms with Crippen LogP contribution >= 0.6 is 0 Å². The minimum atomic E-state index is -0.0464. The van der Waals surface area contributed by atoms with Gasteiger partial charge in [0.25, 0.3) is 0 Å². The molecule has 2 amide bonds. The Balaban J connectivity index is 1.60. The number of ether oxygens (including phenoxy) is 2. The monoisotopic (exact) mass is 320 g/mol. The molecular formula is C16H24N4O3. The highest BCUT2D eigenvalue weighted by atomic mass is 16.5. The molecule has 23 heavy (non-hydrogen) atoms. The number of hydrogen-bond acceptors (Lipinski definition) is 5. The molecule has 0 N–H and O–H groups in total. The van der Waals surface area contributed by atoms with Crippen molar-refractivity contribution in [3.05, 3.63) is 17.5 Å². The molecule has 1 aromatic heterocycles. The number of rotatable bonds is 2. The lowest BCUT2D eigenvalue weighted by Gasteiger charge is -2.37. The Morgan fingerprint density at radius 1 is 1.17 bits per heavy atom. The molecule has 0 aromatic carbocycles. The molecule has 1 aromatic rings. The molecule has 0 bridgehead atoms. The number of nitrogens with zero attached hydrogens (tertiary/aromatic N) is 4. The van der Waals surface area contributed by atoms with Crippen LogP contribution < -0.4 is 4.74 Å². The predicted octanol–water partition coefficient (Wildman–Crippen LogP) is 1.39. The number of piperidine rings is 1. The van der Waals surface area contributed by atoms with E-state index in [4.69, 9.17) is 9.47 Å². The van der Waals surface area contributed by atoms with Crippen molar-refractivity contribution >= 4 is 6.03 Å². The lowest BCUT2D eigenvalue weighted by Crippen LogP contribution is -2.52. The van der Waals surface area contributed by atoms with Gasteiger partial charge < -0.3 is 19.3 Å². The van der Waals surface area contributed by atoms with E-state index in [0.717, 1.165) is 30.8 Å². The molecule has 2 saturated heterocycles. The first-order valence-corrected chi connectivity index (χ1v) is 8.22. The predicted molar refractivity (Wildman–Crippen MR) is 84.5 cm³/mol. The zero-order valence-electron chi connectivity index (χ0n) is 13.8. The van der Waals surface area contributed by atoms with Gasteiger partial charge >= 0.3 is 12.0 Å². The third kappa shape index (κ3) is 4.10. The first-order valence-electron chi connectivity index (χ1n) is 8.22. The Morgan fingerprint density at radius 3 is 2.57 bits per heavy atom. The summed E-state index contributed by atoms with van der Waals surface area (Å²) in [5, 5.41) is 0. The van der Waals surface area contributed by atoms with Crippen LogP contribution in [0, 0.1) is 13.8 Å². The molecule has 3 heterocycles. The van der Waals surface area contributed by atoms with E-state index in [9.17, 15) is 4.79 Å². The van der Waals surface area contributed by atoms with Gasteiger partial charge in [0.05, 0.1) is 19.8 Å². The van der Waals surface area contributed by atoms with Gasteiger partial charge in [0.2, 0.25) is 0 Å². The average molecular weight is 320 g/mol. The van der Waals surface area contributed by atoms with Crippen molar-refractivity contribution in [3.63, 3.8) is 0 Å². The largest absolute Gasteiger partial charge is 0.458 e. The van der Waals surface area contributed by atoms with Gasteiger partial charge in [-0.25, -0.2) is 14.8 Å². The maximum Gasteiger partial charge on any atom is 0.320 e. The van der Waals surface area contributed by atoms with Crippen LogP contribution in [0.25, 0.3) is 0 Å². The molecule has 126 valence electrons. The number of amides is 2. The fourth-order valence-electron chi connectivity index (χ4n) is 3.06. The number of hydrogen-bond donors (Lipinski definition) is 0. The average Bonchev–Trinajstić information content (AvgIpc) is 2.54. The summed E-state index contributed by atoms with van der Waals surface area (Å²) in [6.45, 7) is 7.80. The molecule has 2 aliphatic rings. The molecule has 7 heteroatoms. The molecule has 2 fully saturated rings. The normalized spacial score (nSPS) is 22.1. The van der Waals surface area contributed by atoms with Gasteiger partial charge in [-0.1, -0.05) is 0 Å². The van der Waals surface area contributed by atoms with Crippen LogP contribution in [0.5, 0.6) is 6.01 Å². The summed E-state index contributed by atoms with van der Waals surface area (Å²) in [6, 6.07) is 2.42. The Hall–Kier alpha value is -1.89. The van der Waals surface area contributed by atoms with Gasteiger partial charge in [-0.05, 0) is 32.8 Å². The SMILES string of the molecule is Cc1cc(C)nc(OC2CCCN(C(=O)N3CCOCC3)C2)n1. The molecule has 0 spiro atoms. The Morgan fingerprint density at radius 2 is 1.87 bits per heavy atom. The van der Waals surface area contributed by atoms with E-state index >= 15 is 0 Å². The first-order chi connectivity index (χ1) is 11.1. The maximum atomic E-state index is 12.6. The third-order valence-corrected chi connectivity index (χ3v) is 4.16. The number of likely N-dealkylation sites (tertiary alicyclic amines) is 1. The van der Waals surface area contributed by atoms with Crippen LogP contribution in [-0.2, 0) is 4.74 Å². The maximum absolute atomic E-state index is 12.6. The van der Waals surface area contributed by atoms with Crippen LogP contribution in [-0.4, -0.2) is 71.3 Å². The van der Waals surface area contributed by atoms with Crippen molar-refractivity contribution in [3.8, 4) is 6.01 Å². The van der Waals surface area contributed by atoms with Crippen LogP contribution in [0.2, 0.25) is 0 Å². The van der Waals surface area contributed by atoms with Gasteiger partial charge in [0.1, 0.15) is 6.10 Å². The fourth-order valence-corrected chi connectivity index (χ4v) is 3.06. The highest BCUT2D eigenvalue weighted by Crippen LogP contribution is 2.18. The second kappa shape index (κ2) is 7.12. The lowest BCUT2D eigenvalue weighted by atomic mass is 10.1. The number of morpholine rings is 1. The topological polar surface area (TPSA) is 67.8 Å². The summed E-state index contributed by atoms with van der Waals surface area (Å²) in [4.78, 5) is 25.0. The summed E-state index contributed by atoms with van der Waals surface area (Å²) in [6.07, 6.45) is 1.81. The van der Waals surface area contributed by atoms with Crippen LogP contribution in [0.1, 0.15) is 24.2 Å². The van der Waals surface area contributed by atoms with Crippen molar-refractivity contribution in [1.82, 2.24) is 19.8 Å². The highest BCUT2D eigenvalue weighted by Gasteiger charge is 2.29. The summed E-state index contributed by atoms with van der Waals surface area (Å²) < 4.78 is 11.2. The molecule has 1 atom stereocenters. The van der Waals surface area contributed by atoms with E-state index in [0.29, 0.717) is 38.9 Å². The van der Waals surface area contributed by atoms with Crippen molar-refractivity contribution in [2.45, 2.75) is 32.8 Å².